The van der Waals surface area contributed by atoms with Gasteiger partial charge in [-0.1, -0.05) is 26.0 Å². The van der Waals surface area contributed by atoms with Crippen LogP contribution in [0.15, 0.2) is 24.3 Å². The molecule has 0 unspecified atom stereocenters. The monoisotopic (exact) mass is 236 g/mol. The Balaban J connectivity index is 1.89. The van der Waals surface area contributed by atoms with Crippen LogP contribution in [-0.2, 0) is 16.1 Å². The number of rotatable bonds is 4. The van der Waals surface area contributed by atoms with Gasteiger partial charge in [0.1, 0.15) is 5.75 Å². The third-order valence-electron chi connectivity index (χ3n) is 3.21. The van der Waals surface area contributed by atoms with Gasteiger partial charge < -0.3 is 14.2 Å². The third kappa shape index (κ3) is 2.99. The van der Waals surface area contributed by atoms with Crippen LogP contribution in [0.3, 0.4) is 0 Å². The van der Waals surface area contributed by atoms with Crippen molar-refractivity contribution in [2.75, 3.05) is 13.7 Å². The number of benzene rings is 1. The normalized spacial score (nSPS) is 22.6. The predicted octanol–water partition coefficient (Wildman–Crippen LogP) is 2.98. The summed E-state index contributed by atoms with van der Waals surface area (Å²) < 4.78 is 16.5. The summed E-state index contributed by atoms with van der Waals surface area (Å²) in [6, 6.07) is 7.92. The van der Waals surface area contributed by atoms with E-state index < -0.39 is 0 Å². The van der Waals surface area contributed by atoms with Crippen LogP contribution in [0.25, 0.3) is 0 Å². The Bertz CT molecular complexity index is 356. The number of ether oxygens (including phenoxy) is 3. The van der Waals surface area contributed by atoms with Gasteiger partial charge in [-0.05, 0) is 24.1 Å². The lowest BCUT2D eigenvalue weighted by molar-refractivity contribution is -0.159. The van der Waals surface area contributed by atoms with Gasteiger partial charge in [-0.2, -0.15) is 0 Å². The molecular weight excluding hydrogens is 216 g/mol. The molecule has 1 atom stereocenters. The lowest BCUT2D eigenvalue weighted by Gasteiger charge is -2.25. The molecule has 1 aromatic rings. The van der Waals surface area contributed by atoms with E-state index in [1.54, 1.807) is 7.11 Å². The Hall–Kier alpha value is -1.06. The molecule has 94 valence electrons. The summed E-state index contributed by atoms with van der Waals surface area (Å²) in [6.45, 7) is 5.73. The Kier molecular flexibility index (Phi) is 3.69. The number of hydrogen-bond acceptors (Lipinski definition) is 3. The van der Waals surface area contributed by atoms with Gasteiger partial charge in [-0.15, -0.1) is 0 Å². The topological polar surface area (TPSA) is 27.7 Å². The molecule has 1 aromatic carbocycles. The molecule has 0 aliphatic carbocycles. The highest BCUT2D eigenvalue weighted by molar-refractivity contribution is 5.26. The van der Waals surface area contributed by atoms with Crippen molar-refractivity contribution in [3.63, 3.8) is 0 Å². The van der Waals surface area contributed by atoms with Crippen LogP contribution < -0.4 is 4.74 Å². The van der Waals surface area contributed by atoms with E-state index in [-0.39, 0.29) is 11.7 Å². The van der Waals surface area contributed by atoms with E-state index in [4.69, 9.17) is 14.2 Å². The lowest BCUT2D eigenvalue weighted by Crippen LogP contribution is -2.27. The Morgan fingerprint density at radius 2 is 2.00 bits per heavy atom. The fourth-order valence-corrected chi connectivity index (χ4v) is 1.94. The molecule has 0 amide bonds. The quantitative estimate of drug-likeness (QED) is 0.804. The Labute approximate surface area is 103 Å². The summed E-state index contributed by atoms with van der Waals surface area (Å²) in [7, 11) is 1.67. The summed E-state index contributed by atoms with van der Waals surface area (Å²) in [5.41, 5.74) is 1.25. The molecule has 1 aliphatic rings. The second kappa shape index (κ2) is 5.07. The SMILES string of the molecule is COc1ccc(CO[C@H]2OCCC2(C)C)cc1. The zero-order valence-corrected chi connectivity index (χ0v) is 10.7. The van der Waals surface area contributed by atoms with E-state index in [2.05, 4.69) is 13.8 Å². The van der Waals surface area contributed by atoms with E-state index in [1.165, 1.54) is 0 Å². The molecule has 0 bridgehead atoms. The van der Waals surface area contributed by atoms with Crippen molar-refractivity contribution < 1.29 is 14.2 Å². The standard InChI is InChI=1S/C14H20O3/c1-14(2)8-9-16-13(14)17-10-11-4-6-12(15-3)7-5-11/h4-7,13H,8-10H2,1-3H3/t13-/m1/s1. The van der Waals surface area contributed by atoms with Crippen LogP contribution in [0, 0.1) is 5.41 Å². The summed E-state index contributed by atoms with van der Waals surface area (Å²) >= 11 is 0. The van der Waals surface area contributed by atoms with Crippen LogP contribution in [0.4, 0.5) is 0 Å². The highest BCUT2D eigenvalue weighted by Gasteiger charge is 2.36. The molecule has 0 spiro atoms. The van der Waals surface area contributed by atoms with Gasteiger partial charge >= 0.3 is 0 Å². The zero-order valence-electron chi connectivity index (χ0n) is 10.7. The minimum absolute atomic E-state index is 0.0930. The lowest BCUT2D eigenvalue weighted by atomic mass is 9.91. The van der Waals surface area contributed by atoms with Gasteiger partial charge in [-0.3, -0.25) is 0 Å². The van der Waals surface area contributed by atoms with Gasteiger partial charge in [0.15, 0.2) is 6.29 Å². The zero-order chi connectivity index (χ0) is 12.3. The second-order valence-corrected chi connectivity index (χ2v) is 5.10. The average Bonchev–Trinajstić information content (AvgIpc) is 2.66. The maximum absolute atomic E-state index is 5.81. The molecule has 1 aliphatic heterocycles. The Morgan fingerprint density at radius 1 is 1.29 bits per heavy atom. The molecule has 0 saturated carbocycles. The molecule has 1 heterocycles. The first-order valence-electron chi connectivity index (χ1n) is 5.98. The summed E-state index contributed by atoms with van der Waals surface area (Å²) in [6.07, 6.45) is 0.963. The molecule has 17 heavy (non-hydrogen) atoms. The van der Waals surface area contributed by atoms with Gasteiger partial charge in [0.25, 0.3) is 0 Å². The smallest absolute Gasteiger partial charge is 0.163 e. The predicted molar refractivity (Wildman–Crippen MR) is 65.9 cm³/mol. The fourth-order valence-electron chi connectivity index (χ4n) is 1.94. The van der Waals surface area contributed by atoms with E-state index in [0.717, 1.165) is 24.3 Å². The van der Waals surface area contributed by atoms with Crippen LogP contribution in [0.2, 0.25) is 0 Å². The van der Waals surface area contributed by atoms with Crippen molar-refractivity contribution in [2.45, 2.75) is 33.2 Å². The van der Waals surface area contributed by atoms with E-state index in [0.29, 0.717) is 6.61 Å². The number of hydrogen-bond donors (Lipinski definition) is 0. The van der Waals surface area contributed by atoms with Gasteiger partial charge in [0.2, 0.25) is 0 Å². The van der Waals surface area contributed by atoms with Crippen molar-refractivity contribution in [3.8, 4) is 5.75 Å². The Morgan fingerprint density at radius 3 is 2.53 bits per heavy atom. The molecule has 0 N–H and O–H groups in total. The summed E-state index contributed by atoms with van der Waals surface area (Å²) in [4.78, 5) is 0. The largest absolute Gasteiger partial charge is 0.497 e. The summed E-state index contributed by atoms with van der Waals surface area (Å²) in [5, 5.41) is 0. The molecule has 1 saturated heterocycles. The molecule has 0 radical (unpaired) electrons. The highest BCUT2D eigenvalue weighted by Crippen LogP contribution is 2.34. The second-order valence-electron chi connectivity index (χ2n) is 5.10. The van der Waals surface area contributed by atoms with Crippen LogP contribution in [0.5, 0.6) is 5.75 Å². The molecule has 0 aromatic heterocycles. The first kappa shape index (κ1) is 12.4. The summed E-state index contributed by atoms with van der Waals surface area (Å²) in [5.74, 6) is 0.867. The minimum atomic E-state index is -0.0930. The minimum Gasteiger partial charge on any atom is -0.497 e. The van der Waals surface area contributed by atoms with E-state index in [1.807, 2.05) is 24.3 Å². The van der Waals surface area contributed by atoms with Crippen molar-refractivity contribution in [3.05, 3.63) is 29.8 Å². The van der Waals surface area contributed by atoms with Crippen LogP contribution in [-0.4, -0.2) is 20.0 Å². The molecular formula is C14H20O3. The van der Waals surface area contributed by atoms with Crippen molar-refractivity contribution >= 4 is 0 Å². The molecule has 3 heteroatoms. The fraction of sp³-hybridized carbons (Fsp3) is 0.571. The first-order valence-corrected chi connectivity index (χ1v) is 5.98. The molecule has 1 fully saturated rings. The maximum atomic E-state index is 5.81. The molecule has 3 nitrogen and oxygen atoms in total. The van der Waals surface area contributed by atoms with E-state index >= 15 is 0 Å². The molecule has 2 rings (SSSR count). The third-order valence-corrected chi connectivity index (χ3v) is 3.21. The van der Waals surface area contributed by atoms with Gasteiger partial charge in [0, 0.05) is 5.41 Å². The van der Waals surface area contributed by atoms with Gasteiger partial charge in [-0.25, -0.2) is 0 Å². The van der Waals surface area contributed by atoms with Crippen LogP contribution >= 0.6 is 0 Å². The first-order chi connectivity index (χ1) is 8.12. The van der Waals surface area contributed by atoms with Crippen molar-refractivity contribution in [2.24, 2.45) is 5.41 Å². The maximum Gasteiger partial charge on any atom is 0.163 e. The number of methoxy groups -OCH3 is 1. The van der Waals surface area contributed by atoms with Crippen molar-refractivity contribution in [1.82, 2.24) is 0 Å². The van der Waals surface area contributed by atoms with Crippen LogP contribution in [0.1, 0.15) is 25.8 Å². The highest BCUT2D eigenvalue weighted by atomic mass is 16.7. The van der Waals surface area contributed by atoms with E-state index in [9.17, 15) is 0 Å². The van der Waals surface area contributed by atoms with Crippen molar-refractivity contribution in [1.29, 1.82) is 0 Å². The van der Waals surface area contributed by atoms with Gasteiger partial charge in [0.05, 0.1) is 20.3 Å². The average molecular weight is 236 g/mol.